The summed E-state index contributed by atoms with van der Waals surface area (Å²) in [6, 6.07) is 5.03. The van der Waals surface area contributed by atoms with E-state index in [-0.39, 0.29) is 17.3 Å². The third kappa shape index (κ3) is 3.38. The second kappa shape index (κ2) is 5.48. The third-order valence-corrected chi connectivity index (χ3v) is 2.62. The zero-order valence-electron chi connectivity index (χ0n) is 9.48. The highest BCUT2D eigenvalue weighted by atomic mass is 35.5. The fourth-order valence-corrected chi connectivity index (χ4v) is 1.84. The number of hydrogen-bond donors (Lipinski definition) is 1. The Labute approximate surface area is 111 Å². The number of benzene rings is 2. The molecule has 6 heteroatoms. The Morgan fingerprint density at radius 3 is 2.26 bits per heavy atom. The lowest BCUT2D eigenvalue weighted by Gasteiger charge is -2.09. The quantitative estimate of drug-likeness (QED) is 0.647. The smallest absolute Gasteiger partial charge is 0.182 e. The summed E-state index contributed by atoms with van der Waals surface area (Å²) in [5.74, 6) is -3.93. The number of nitrogens with one attached hydrogen (secondary N) is 1. The molecule has 0 saturated carbocycles. The summed E-state index contributed by atoms with van der Waals surface area (Å²) < 4.78 is 52.3. The van der Waals surface area contributed by atoms with Gasteiger partial charge in [0.25, 0.3) is 0 Å². The van der Waals surface area contributed by atoms with Crippen LogP contribution in [0.1, 0.15) is 5.56 Å². The van der Waals surface area contributed by atoms with Gasteiger partial charge in [0.15, 0.2) is 11.6 Å². The first-order valence-corrected chi connectivity index (χ1v) is 5.67. The summed E-state index contributed by atoms with van der Waals surface area (Å²) in [5, 5.41) is 2.67. The Morgan fingerprint density at radius 2 is 1.58 bits per heavy atom. The van der Waals surface area contributed by atoms with Crippen LogP contribution in [0.15, 0.2) is 30.3 Å². The standard InChI is InChI=1S/C13H8ClF4N/c14-8-1-7(2-9(15)3-8)6-19-12-5-10(16)4-11(17)13(12)18/h1-5,19H,6H2. The normalized spacial score (nSPS) is 10.6. The molecule has 0 unspecified atom stereocenters. The minimum absolute atomic E-state index is 0.0166. The molecule has 100 valence electrons. The van der Waals surface area contributed by atoms with Gasteiger partial charge in [0.05, 0.1) is 5.69 Å². The zero-order valence-corrected chi connectivity index (χ0v) is 10.2. The molecule has 0 amide bonds. The van der Waals surface area contributed by atoms with E-state index in [2.05, 4.69) is 5.32 Å². The van der Waals surface area contributed by atoms with Crippen molar-refractivity contribution in [2.24, 2.45) is 0 Å². The Morgan fingerprint density at radius 1 is 0.895 bits per heavy atom. The van der Waals surface area contributed by atoms with E-state index in [1.165, 1.54) is 12.1 Å². The lowest BCUT2D eigenvalue weighted by molar-refractivity contribution is 0.497. The van der Waals surface area contributed by atoms with Crippen molar-refractivity contribution in [3.8, 4) is 0 Å². The largest absolute Gasteiger partial charge is 0.378 e. The van der Waals surface area contributed by atoms with Crippen LogP contribution in [0, 0.1) is 23.3 Å². The molecule has 0 saturated heterocycles. The van der Waals surface area contributed by atoms with E-state index < -0.39 is 23.3 Å². The van der Waals surface area contributed by atoms with E-state index in [0.29, 0.717) is 11.6 Å². The summed E-state index contributed by atoms with van der Waals surface area (Å²) in [5.41, 5.74) is 0.0898. The lowest BCUT2D eigenvalue weighted by Crippen LogP contribution is -2.04. The second-order valence-corrected chi connectivity index (χ2v) is 4.32. The van der Waals surface area contributed by atoms with Crippen molar-refractivity contribution in [3.63, 3.8) is 0 Å². The van der Waals surface area contributed by atoms with Gasteiger partial charge >= 0.3 is 0 Å². The van der Waals surface area contributed by atoms with Crippen LogP contribution in [0.5, 0.6) is 0 Å². The highest BCUT2D eigenvalue weighted by molar-refractivity contribution is 6.30. The predicted molar refractivity (Wildman–Crippen MR) is 65.1 cm³/mol. The Hall–Kier alpha value is -1.75. The molecule has 0 aromatic heterocycles. The van der Waals surface area contributed by atoms with Crippen LogP contribution in [0.25, 0.3) is 0 Å². The number of halogens is 5. The van der Waals surface area contributed by atoms with Crippen LogP contribution in [0.4, 0.5) is 23.2 Å². The molecule has 0 aliphatic heterocycles. The molecule has 2 aromatic carbocycles. The van der Waals surface area contributed by atoms with Gasteiger partial charge in [0.2, 0.25) is 0 Å². The summed E-state index contributed by atoms with van der Waals surface area (Å²) >= 11 is 5.65. The molecular formula is C13H8ClF4N. The molecule has 0 aliphatic rings. The highest BCUT2D eigenvalue weighted by Crippen LogP contribution is 2.21. The average Bonchev–Trinajstić information content (AvgIpc) is 2.30. The van der Waals surface area contributed by atoms with Gasteiger partial charge in [0.1, 0.15) is 11.6 Å². The Balaban J connectivity index is 2.19. The maximum Gasteiger partial charge on any atom is 0.182 e. The third-order valence-electron chi connectivity index (χ3n) is 2.40. The molecule has 0 bridgehead atoms. The van der Waals surface area contributed by atoms with E-state index in [4.69, 9.17) is 11.6 Å². The van der Waals surface area contributed by atoms with Gasteiger partial charge in [-0.05, 0) is 23.8 Å². The summed E-state index contributed by atoms with van der Waals surface area (Å²) in [7, 11) is 0. The number of anilines is 1. The maximum absolute atomic E-state index is 13.3. The minimum atomic E-state index is -1.29. The molecule has 0 radical (unpaired) electrons. The van der Waals surface area contributed by atoms with Gasteiger partial charge in [-0.3, -0.25) is 0 Å². The Kier molecular flexibility index (Phi) is 3.95. The van der Waals surface area contributed by atoms with Gasteiger partial charge in [-0.15, -0.1) is 0 Å². The lowest BCUT2D eigenvalue weighted by atomic mass is 10.2. The first-order chi connectivity index (χ1) is 8.95. The first-order valence-electron chi connectivity index (χ1n) is 5.29. The van der Waals surface area contributed by atoms with Crippen molar-refractivity contribution >= 4 is 17.3 Å². The Bertz CT molecular complexity index is 596. The molecule has 0 heterocycles. The fourth-order valence-electron chi connectivity index (χ4n) is 1.59. The summed E-state index contributed by atoms with van der Waals surface area (Å²) in [6.07, 6.45) is 0. The fraction of sp³-hybridized carbons (Fsp3) is 0.0769. The van der Waals surface area contributed by atoms with E-state index in [1.807, 2.05) is 0 Å². The van der Waals surface area contributed by atoms with Crippen LogP contribution < -0.4 is 5.32 Å². The van der Waals surface area contributed by atoms with Crippen molar-refractivity contribution in [2.75, 3.05) is 5.32 Å². The molecule has 1 N–H and O–H groups in total. The molecule has 2 aromatic rings. The maximum atomic E-state index is 13.3. The zero-order chi connectivity index (χ0) is 14.0. The molecule has 0 atom stereocenters. The van der Waals surface area contributed by atoms with Crippen molar-refractivity contribution in [1.82, 2.24) is 0 Å². The topological polar surface area (TPSA) is 12.0 Å². The molecule has 19 heavy (non-hydrogen) atoms. The van der Waals surface area contributed by atoms with Crippen LogP contribution in [0.2, 0.25) is 5.02 Å². The number of hydrogen-bond acceptors (Lipinski definition) is 1. The van der Waals surface area contributed by atoms with Crippen molar-refractivity contribution in [3.05, 3.63) is 64.2 Å². The van der Waals surface area contributed by atoms with Gasteiger partial charge in [0, 0.05) is 23.7 Å². The number of rotatable bonds is 3. The van der Waals surface area contributed by atoms with E-state index in [9.17, 15) is 17.6 Å². The van der Waals surface area contributed by atoms with E-state index in [1.54, 1.807) is 0 Å². The van der Waals surface area contributed by atoms with Crippen molar-refractivity contribution in [2.45, 2.75) is 6.54 Å². The predicted octanol–water partition coefficient (Wildman–Crippen LogP) is 4.51. The molecule has 1 nitrogen and oxygen atoms in total. The van der Waals surface area contributed by atoms with Gasteiger partial charge < -0.3 is 5.32 Å². The SMILES string of the molecule is Fc1cc(Cl)cc(CNc2cc(F)cc(F)c2F)c1. The molecule has 2 rings (SSSR count). The minimum Gasteiger partial charge on any atom is -0.378 e. The van der Waals surface area contributed by atoms with Crippen LogP contribution in [-0.2, 0) is 6.54 Å². The first kappa shape index (κ1) is 13.7. The van der Waals surface area contributed by atoms with Crippen LogP contribution >= 0.6 is 11.6 Å². The molecule has 0 spiro atoms. The second-order valence-electron chi connectivity index (χ2n) is 3.88. The summed E-state index contributed by atoms with van der Waals surface area (Å²) in [4.78, 5) is 0. The van der Waals surface area contributed by atoms with Gasteiger partial charge in [-0.2, -0.15) is 0 Å². The molecular weight excluding hydrogens is 282 g/mol. The van der Waals surface area contributed by atoms with Gasteiger partial charge in [-0.1, -0.05) is 11.6 Å². The molecule has 0 fully saturated rings. The van der Waals surface area contributed by atoms with Crippen LogP contribution in [0.3, 0.4) is 0 Å². The van der Waals surface area contributed by atoms with Gasteiger partial charge in [-0.25, -0.2) is 17.6 Å². The van der Waals surface area contributed by atoms with E-state index >= 15 is 0 Å². The van der Waals surface area contributed by atoms with Crippen molar-refractivity contribution < 1.29 is 17.6 Å². The highest BCUT2D eigenvalue weighted by Gasteiger charge is 2.11. The molecule has 0 aliphatic carbocycles. The monoisotopic (exact) mass is 289 g/mol. The van der Waals surface area contributed by atoms with Crippen LogP contribution in [-0.4, -0.2) is 0 Å². The summed E-state index contributed by atoms with van der Waals surface area (Å²) in [6.45, 7) is -0.0166. The van der Waals surface area contributed by atoms with Crippen molar-refractivity contribution in [1.29, 1.82) is 0 Å². The average molecular weight is 290 g/mol. The van der Waals surface area contributed by atoms with E-state index in [0.717, 1.165) is 12.1 Å².